The van der Waals surface area contributed by atoms with Crippen LogP contribution in [0.15, 0.2) is 18.3 Å². The SMILES string of the molecule is CCCN(CCC)[C@@H](C)C(=O)N1CCOCC2(CCC(CNc3ccc(C#N)cn3)O2)C1.O=C(O)C(F)(F)F.O=C(O)C(F)(F)F. The highest BCUT2D eigenvalue weighted by atomic mass is 19.4. The Kier molecular flexibility index (Phi) is 16.2. The summed E-state index contributed by atoms with van der Waals surface area (Å²) in [6, 6.07) is 5.49. The molecule has 2 saturated heterocycles. The van der Waals surface area contributed by atoms with E-state index in [9.17, 15) is 31.1 Å². The van der Waals surface area contributed by atoms with Gasteiger partial charge in [0.15, 0.2) is 0 Å². The molecule has 0 bridgehead atoms. The molecule has 0 saturated carbocycles. The van der Waals surface area contributed by atoms with Gasteiger partial charge in [0, 0.05) is 19.3 Å². The van der Waals surface area contributed by atoms with E-state index in [2.05, 4.69) is 35.1 Å². The maximum atomic E-state index is 13.4. The highest BCUT2D eigenvalue weighted by Crippen LogP contribution is 2.33. The molecule has 2 fully saturated rings. The van der Waals surface area contributed by atoms with Crippen LogP contribution in [-0.2, 0) is 23.9 Å². The molecule has 0 aliphatic carbocycles. The number of anilines is 1. The molecule has 1 amide bonds. The Hall–Kier alpha value is -3.69. The highest BCUT2D eigenvalue weighted by Gasteiger charge is 2.45. The number of halogens is 6. The lowest BCUT2D eigenvalue weighted by atomic mass is 9.99. The van der Waals surface area contributed by atoms with Gasteiger partial charge in [-0.25, -0.2) is 14.6 Å². The number of aromatic nitrogens is 1. The Labute approximate surface area is 262 Å². The van der Waals surface area contributed by atoms with Gasteiger partial charge in [-0.1, -0.05) is 13.8 Å². The first-order valence-corrected chi connectivity index (χ1v) is 14.4. The van der Waals surface area contributed by atoms with Crippen molar-refractivity contribution in [3.05, 3.63) is 23.9 Å². The molecular formula is C28H39F6N5O7. The fraction of sp³-hybridized carbons (Fsp3) is 0.679. The summed E-state index contributed by atoms with van der Waals surface area (Å²) in [4.78, 5) is 39.6. The maximum Gasteiger partial charge on any atom is 0.490 e. The van der Waals surface area contributed by atoms with E-state index in [4.69, 9.17) is 34.5 Å². The summed E-state index contributed by atoms with van der Waals surface area (Å²) in [6.45, 7) is 11.1. The minimum atomic E-state index is -5.08. The van der Waals surface area contributed by atoms with Crippen LogP contribution < -0.4 is 5.32 Å². The van der Waals surface area contributed by atoms with Gasteiger partial charge in [0.1, 0.15) is 17.5 Å². The van der Waals surface area contributed by atoms with Gasteiger partial charge in [0.05, 0.1) is 37.5 Å². The second-order valence-corrected chi connectivity index (χ2v) is 10.5. The Morgan fingerprint density at radius 2 is 1.70 bits per heavy atom. The molecule has 0 radical (unpaired) electrons. The maximum absolute atomic E-state index is 13.4. The van der Waals surface area contributed by atoms with E-state index in [1.165, 1.54) is 0 Å². The second-order valence-electron chi connectivity index (χ2n) is 10.5. The van der Waals surface area contributed by atoms with Gasteiger partial charge >= 0.3 is 24.3 Å². The van der Waals surface area contributed by atoms with E-state index in [0.29, 0.717) is 38.4 Å². The smallest absolute Gasteiger partial charge is 0.475 e. The van der Waals surface area contributed by atoms with Crippen molar-refractivity contribution in [2.45, 2.75) is 76.6 Å². The predicted octanol–water partition coefficient (Wildman–Crippen LogP) is 3.92. The molecule has 3 heterocycles. The van der Waals surface area contributed by atoms with Crippen LogP contribution in [0.4, 0.5) is 32.2 Å². The first-order valence-electron chi connectivity index (χ1n) is 14.4. The van der Waals surface area contributed by atoms with E-state index < -0.39 is 29.9 Å². The van der Waals surface area contributed by atoms with Gasteiger partial charge in [0.2, 0.25) is 5.91 Å². The van der Waals surface area contributed by atoms with Gasteiger partial charge < -0.3 is 29.9 Å². The summed E-state index contributed by atoms with van der Waals surface area (Å²) < 4.78 is 75.8. The topological polar surface area (TPSA) is 165 Å². The van der Waals surface area contributed by atoms with Crippen LogP contribution in [-0.4, -0.2) is 119 Å². The van der Waals surface area contributed by atoms with Gasteiger partial charge in [0.25, 0.3) is 0 Å². The average molecular weight is 672 g/mol. The van der Waals surface area contributed by atoms with Crippen LogP contribution in [0.25, 0.3) is 0 Å². The van der Waals surface area contributed by atoms with Crippen molar-refractivity contribution >= 4 is 23.7 Å². The summed E-state index contributed by atoms with van der Waals surface area (Å²) >= 11 is 0. The highest BCUT2D eigenvalue weighted by molar-refractivity contribution is 5.81. The Bertz CT molecular complexity index is 1130. The van der Waals surface area contributed by atoms with Crippen LogP contribution in [0.1, 0.15) is 52.0 Å². The molecule has 46 heavy (non-hydrogen) atoms. The number of ether oxygens (including phenoxy) is 2. The van der Waals surface area contributed by atoms with Crippen LogP contribution in [0.2, 0.25) is 0 Å². The van der Waals surface area contributed by atoms with Crippen LogP contribution in [0, 0.1) is 11.3 Å². The third kappa shape index (κ3) is 13.7. The minimum Gasteiger partial charge on any atom is -0.475 e. The molecule has 3 N–H and O–H groups in total. The number of carboxylic acid groups (broad SMARTS) is 2. The number of rotatable bonds is 9. The minimum absolute atomic E-state index is 0.0280. The molecule has 2 aliphatic heterocycles. The molecule has 0 aromatic carbocycles. The number of hydrogen-bond acceptors (Lipinski definition) is 9. The normalized spacial score (nSPS) is 20.4. The third-order valence-electron chi connectivity index (χ3n) is 6.82. The number of carboxylic acids is 2. The van der Waals surface area contributed by atoms with Gasteiger partial charge in [-0.2, -0.15) is 31.6 Å². The van der Waals surface area contributed by atoms with E-state index in [-0.39, 0.29) is 18.1 Å². The van der Waals surface area contributed by atoms with E-state index in [1.54, 1.807) is 18.3 Å². The summed E-state index contributed by atoms with van der Waals surface area (Å²) in [7, 11) is 0. The fourth-order valence-electron chi connectivity index (χ4n) is 4.63. The molecule has 1 aromatic heterocycles. The first-order chi connectivity index (χ1) is 21.4. The standard InChI is InChI=1S/C24H37N5O3.2C2HF3O2/c1-4-10-28(11-5-2)19(3)23(30)29-12-13-31-18-24(17-29)9-8-21(32-24)16-27-22-7-6-20(14-25)15-26-22;2*3-2(4,5)1(6)7/h6-7,15,19,21H,4-5,8-13,16-18H2,1-3H3,(H,26,27);2*(H,6,7)/t19-,21?,24?;;/m0../s1. The average Bonchev–Trinajstić information content (AvgIpc) is 3.26. The largest absolute Gasteiger partial charge is 0.490 e. The molecule has 1 spiro atoms. The quantitative estimate of drug-likeness (QED) is 0.326. The number of nitrogens with zero attached hydrogens (tertiary/aromatic N) is 4. The Morgan fingerprint density at radius 1 is 1.13 bits per heavy atom. The monoisotopic (exact) mass is 671 g/mol. The zero-order chi connectivity index (χ0) is 35.1. The summed E-state index contributed by atoms with van der Waals surface area (Å²) in [5, 5.41) is 26.4. The van der Waals surface area contributed by atoms with Gasteiger partial charge in [-0.05, 0) is 57.8 Å². The number of carbonyl (C=O) groups excluding carboxylic acids is 1. The van der Waals surface area contributed by atoms with Crippen molar-refractivity contribution < 1.29 is 60.4 Å². The van der Waals surface area contributed by atoms with Crippen molar-refractivity contribution in [3.63, 3.8) is 0 Å². The molecule has 18 heteroatoms. The molecule has 260 valence electrons. The lowest BCUT2D eigenvalue weighted by Crippen LogP contribution is -2.53. The Balaban J connectivity index is 0.000000629. The Morgan fingerprint density at radius 3 is 2.15 bits per heavy atom. The first kappa shape index (κ1) is 40.3. The van der Waals surface area contributed by atoms with E-state index in [1.807, 2.05) is 11.8 Å². The van der Waals surface area contributed by atoms with Crippen molar-refractivity contribution in [1.29, 1.82) is 5.26 Å². The molecule has 3 atom stereocenters. The van der Waals surface area contributed by atoms with Crippen molar-refractivity contribution in [3.8, 4) is 6.07 Å². The molecule has 1 aromatic rings. The molecule has 3 rings (SSSR count). The molecule has 2 aliphatic rings. The number of amides is 1. The van der Waals surface area contributed by atoms with Crippen molar-refractivity contribution in [2.75, 3.05) is 51.3 Å². The zero-order valence-electron chi connectivity index (χ0n) is 25.7. The van der Waals surface area contributed by atoms with Crippen molar-refractivity contribution in [2.24, 2.45) is 0 Å². The van der Waals surface area contributed by atoms with Gasteiger partial charge in [-0.3, -0.25) is 9.69 Å². The van der Waals surface area contributed by atoms with Crippen LogP contribution >= 0.6 is 0 Å². The summed E-state index contributed by atoms with van der Waals surface area (Å²) in [5.74, 6) is -4.62. The number of nitrogens with one attached hydrogen (secondary N) is 1. The fourth-order valence-corrected chi connectivity index (χ4v) is 4.63. The van der Waals surface area contributed by atoms with Crippen LogP contribution in [0.3, 0.4) is 0 Å². The number of carbonyl (C=O) groups is 3. The lowest BCUT2D eigenvalue weighted by molar-refractivity contribution is -0.193. The number of alkyl halides is 6. The summed E-state index contributed by atoms with van der Waals surface area (Å²) in [6.07, 6.45) is -4.73. The third-order valence-corrected chi connectivity index (χ3v) is 6.82. The van der Waals surface area contributed by atoms with Crippen LogP contribution in [0.5, 0.6) is 0 Å². The predicted molar refractivity (Wildman–Crippen MR) is 151 cm³/mol. The number of nitriles is 1. The lowest BCUT2D eigenvalue weighted by Gasteiger charge is -2.36. The van der Waals surface area contributed by atoms with E-state index >= 15 is 0 Å². The van der Waals surface area contributed by atoms with Gasteiger partial charge in [-0.15, -0.1) is 0 Å². The summed E-state index contributed by atoms with van der Waals surface area (Å²) in [5.41, 5.74) is 0.0917. The molecule has 2 unspecified atom stereocenters. The zero-order valence-corrected chi connectivity index (χ0v) is 25.7. The number of aliphatic carboxylic acids is 2. The van der Waals surface area contributed by atoms with Crippen molar-refractivity contribution in [1.82, 2.24) is 14.8 Å². The van der Waals surface area contributed by atoms with E-state index in [0.717, 1.165) is 44.6 Å². The number of hydrogen-bond donors (Lipinski definition) is 3. The number of pyridine rings is 1. The second kappa shape index (κ2) is 18.5. The molecule has 12 nitrogen and oxygen atoms in total. The molecular weight excluding hydrogens is 632 g/mol.